The molecule has 180 valence electrons. The smallest absolute Gasteiger partial charge is 0.338 e. The average Bonchev–Trinajstić information content (AvgIpc) is 3.09. The summed E-state index contributed by atoms with van der Waals surface area (Å²) in [6.07, 6.45) is 1.67. The summed E-state index contributed by atoms with van der Waals surface area (Å²) in [5, 5.41) is 0. The van der Waals surface area contributed by atoms with Gasteiger partial charge in [0.25, 0.3) is 5.56 Å². The van der Waals surface area contributed by atoms with Gasteiger partial charge >= 0.3 is 11.9 Å². The average molecular weight is 555 g/mol. The predicted octanol–water partition coefficient (Wildman–Crippen LogP) is 3.79. The van der Waals surface area contributed by atoms with Gasteiger partial charge in [-0.25, -0.2) is 9.79 Å². The molecule has 1 aliphatic heterocycles. The molecular formula is C26H23BrN2O5S. The summed E-state index contributed by atoms with van der Waals surface area (Å²) < 4.78 is 13.3. The van der Waals surface area contributed by atoms with Crippen molar-refractivity contribution in [3.8, 4) is 5.75 Å². The van der Waals surface area contributed by atoms with Gasteiger partial charge in [-0.2, -0.15) is 0 Å². The van der Waals surface area contributed by atoms with Crippen molar-refractivity contribution in [2.75, 3.05) is 6.61 Å². The molecule has 3 aromatic rings. The van der Waals surface area contributed by atoms with E-state index in [1.54, 1.807) is 38.1 Å². The van der Waals surface area contributed by atoms with Crippen molar-refractivity contribution in [2.45, 2.75) is 33.7 Å². The number of benzene rings is 2. The predicted molar refractivity (Wildman–Crippen MR) is 137 cm³/mol. The van der Waals surface area contributed by atoms with Crippen LogP contribution in [0.1, 0.15) is 43.5 Å². The fraction of sp³-hybridized carbons (Fsp3) is 0.231. The summed E-state index contributed by atoms with van der Waals surface area (Å²) in [4.78, 5) is 43.3. The first kappa shape index (κ1) is 24.8. The van der Waals surface area contributed by atoms with Gasteiger partial charge in [-0.3, -0.25) is 14.2 Å². The quantitative estimate of drug-likeness (QED) is 0.353. The summed E-state index contributed by atoms with van der Waals surface area (Å²) in [7, 11) is 0. The lowest BCUT2D eigenvalue weighted by Gasteiger charge is -2.24. The second-order valence-electron chi connectivity index (χ2n) is 7.99. The molecule has 1 aliphatic rings. The minimum absolute atomic E-state index is 0.211. The number of nitrogens with zero attached hydrogens (tertiary/aromatic N) is 2. The van der Waals surface area contributed by atoms with E-state index in [1.807, 2.05) is 31.2 Å². The van der Waals surface area contributed by atoms with E-state index in [4.69, 9.17) is 9.47 Å². The standard InChI is InChI=1S/C26H23BrN2O5S/c1-5-33-25(32)22-15(3)28-26-29(23(22)17-8-6-14(2)7-9-17)24(31)21(35-26)13-18-12-19(27)10-11-20(18)34-16(4)30/h6-13,23H,5H2,1-4H3/t23-/m0/s1. The van der Waals surface area contributed by atoms with Crippen LogP contribution < -0.4 is 19.6 Å². The zero-order valence-electron chi connectivity index (χ0n) is 19.6. The van der Waals surface area contributed by atoms with Crippen molar-refractivity contribution in [3.63, 3.8) is 0 Å². The molecule has 1 atom stereocenters. The fourth-order valence-corrected chi connectivity index (χ4v) is 5.29. The Kier molecular flexibility index (Phi) is 7.18. The number of carbonyl (C=O) groups is 2. The molecule has 35 heavy (non-hydrogen) atoms. The summed E-state index contributed by atoms with van der Waals surface area (Å²) >= 11 is 4.64. The molecule has 2 heterocycles. The van der Waals surface area contributed by atoms with E-state index in [-0.39, 0.29) is 12.2 Å². The molecule has 0 spiro atoms. The Balaban J connectivity index is 1.96. The highest BCUT2D eigenvalue weighted by Crippen LogP contribution is 2.31. The Hall–Kier alpha value is -3.30. The molecule has 0 saturated heterocycles. The second-order valence-corrected chi connectivity index (χ2v) is 9.91. The molecule has 0 radical (unpaired) electrons. The summed E-state index contributed by atoms with van der Waals surface area (Å²) in [6.45, 7) is 6.99. The monoisotopic (exact) mass is 554 g/mol. The van der Waals surface area contributed by atoms with E-state index in [9.17, 15) is 14.4 Å². The van der Waals surface area contributed by atoms with Crippen LogP contribution in [0.3, 0.4) is 0 Å². The van der Waals surface area contributed by atoms with Crippen LogP contribution in [0.2, 0.25) is 0 Å². The van der Waals surface area contributed by atoms with E-state index < -0.39 is 18.0 Å². The van der Waals surface area contributed by atoms with Gasteiger partial charge in [-0.15, -0.1) is 0 Å². The Morgan fingerprint density at radius 2 is 1.89 bits per heavy atom. The third-order valence-corrected chi connectivity index (χ3v) is 6.90. The molecule has 0 bridgehead atoms. The van der Waals surface area contributed by atoms with Gasteiger partial charge in [0.1, 0.15) is 5.75 Å². The fourth-order valence-electron chi connectivity index (χ4n) is 3.88. The molecule has 0 N–H and O–H groups in total. The van der Waals surface area contributed by atoms with Crippen LogP contribution in [0.4, 0.5) is 0 Å². The summed E-state index contributed by atoms with van der Waals surface area (Å²) in [5.74, 6) is -0.625. The molecule has 4 rings (SSSR count). The van der Waals surface area contributed by atoms with Crippen LogP contribution in [0.15, 0.2) is 68.0 Å². The van der Waals surface area contributed by atoms with Crippen molar-refractivity contribution < 1.29 is 19.1 Å². The number of fused-ring (bicyclic) bond motifs is 1. The lowest BCUT2D eigenvalue weighted by Crippen LogP contribution is -2.39. The highest BCUT2D eigenvalue weighted by molar-refractivity contribution is 9.10. The van der Waals surface area contributed by atoms with Crippen molar-refractivity contribution in [3.05, 3.63) is 94.6 Å². The first-order valence-corrected chi connectivity index (χ1v) is 12.5. The Morgan fingerprint density at radius 3 is 2.54 bits per heavy atom. The minimum Gasteiger partial charge on any atom is -0.463 e. The summed E-state index contributed by atoms with van der Waals surface area (Å²) in [5.41, 5.74) is 2.94. The van der Waals surface area contributed by atoms with E-state index in [1.165, 1.54) is 22.8 Å². The van der Waals surface area contributed by atoms with Crippen molar-refractivity contribution in [1.29, 1.82) is 0 Å². The molecular weight excluding hydrogens is 532 g/mol. The number of thiazole rings is 1. The lowest BCUT2D eigenvalue weighted by molar-refractivity contribution is -0.139. The molecule has 7 nitrogen and oxygen atoms in total. The highest BCUT2D eigenvalue weighted by Gasteiger charge is 2.33. The molecule has 9 heteroatoms. The number of rotatable bonds is 5. The number of halogens is 1. The molecule has 0 saturated carbocycles. The number of aryl methyl sites for hydroxylation is 1. The SMILES string of the molecule is CCOC(=O)C1=C(C)N=c2sc(=Cc3cc(Br)ccc3OC(C)=O)c(=O)n2[C@H]1c1ccc(C)cc1. The van der Waals surface area contributed by atoms with Gasteiger partial charge in [0.15, 0.2) is 4.80 Å². The van der Waals surface area contributed by atoms with E-state index >= 15 is 0 Å². The largest absolute Gasteiger partial charge is 0.463 e. The van der Waals surface area contributed by atoms with Gasteiger partial charge < -0.3 is 9.47 Å². The maximum atomic E-state index is 13.7. The molecule has 0 unspecified atom stereocenters. The van der Waals surface area contributed by atoms with E-state index in [2.05, 4.69) is 20.9 Å². The highest BCUT2D eigenvalue weighted by atomic mass is 79.9. The number of aromatic nitrogens is 1. The van der Waals surface area contributed by atoms with Gasteiger partial charge in [0.05, 0.1) is 28.5 Å². The number of allylic oxidation sites excluding steroid dienone is 1. The van der Waals surface area contributed by atoms with Crippen molar-refractivity contribution >= 4 is 45.3 Å². The van der Waals surface area contributed by atoms with E-state index in [0.29, 0.717) is 31.9 Å². The first-order valence-electron chi connectivity index (χ1n) is 10.9. The molecule has 2 aromatic carbocycles. The molecule has 0 amide bonds. The van der Waals surface area contributed by atoms with Crippen LogP contribution in [-0.4, -0.2) is 23.1 Å². The Labute approximate surface area is 214 Å². The normalized spacial score (nSPS) is 15.5. The number of hydrogen-bond donors (Lipinski definition) is 0. The zero-order valence-corrected chi connectivity index (χ0v) is 22.0. The van der Waals surface area contributed by atoms with E-state index in [0.717, 1.165) is 15.6 Å². The molecule has 0 aliphatic carbocycles. The third-order valence-electron chi connectivity index (χ3n) is 5.42. The van der Waals surface area contributed by atoms with Gasteiger partial charge in [-0.1, -0.05) is 57.1 Å². The Morgan fingerprint density at radius 1 is 1.17 bits per heavy atom. The van der Waals surface area contributed by atoms with Crippen LogP contribution in [0, 0.1) is 6.92 Å². The van der Waals surface area contributed by atoms with Crippen molar-refractivity contribution in [2.24, 2.45) is 4.99 Å². The van der Waals surface area contributed by atoms with Gasteiger partial charge in [0, 0.05) is 17.0 Å². The molecule has 1 aromatic heterocycles. The maximum Gasteiger partial charge on any atom is 0.338 e. The summed E-state index contributed by atoms with van der Waals surface area (Å²) in [6, 6.07) is 12.2. The first-order chi connectivity index (χ1) is 16.7. The van der Waals surface area contributed by atoms with Crippen LogP contribution in [-0.2, 0) is 14.3 Å². The lowest BCUT2D eigenvalue weighted by atomic mass is 9.95. The van der Waals surface area contributed by atoms with Crippen LogP contribution in [0.5, 0.6) is 5.75 Å². The number of ether oxygens (including phenoxy) is 2. The van der Waals surface area contributed by atoms with Crippen molar-refractivity contribution in [1.82, 2.24) is 4.57 Å². The number of esters is 2. The Bertz CT molecular complexity index is 1530. The second kappa shape index (κ2) is 10.1. The topological polar surface area (TPSA) is 87.0 Å². The van der Waals surface area contributed by atoms with Crippen LogP contribution in [0.25, 0.3) is 6.08 Å². The zero-order chi connectivity index (χ0) is 25.3. The number of carbonyl (C=O) groups excluding carboxylic acids is 2. The van der Waals surface area contributed by atoms with Gasteiger partial charge in [-0.05, 0) is 50.6 Å². The maximum absolute atomic E-state index is 13.7. The third kappa shape index (κ3) is 5.06. The van der Waals surface area contributed by atoms with Gasteiger partial charge in [0.2, 0.25) is 0 Å². The number of hydrogen-bond acceptors (Lipinski definition) is 7. The molecule has 0 fully saturated rings. The minimum atomic E-state index is -0.677. The van der Waals surface area contributed by atoms with Crippen LogP contribution >= 0.6 is 27.3 Å².